The van der Waals surface area contributed by atoms with E-state index in [-0.39, 0.29) is 5.82 Å². The van der Waals surface area contributed by atoms with Crippen molar-refractivity contribution >= 4 is 11.7 Å². The van der Waals surface area contributed by atoms with Crippen LogP contribution in [0.5, 0.6) is 0 Å². The molecule has 1 aliphatic rings. The van der Waals surface area contributed by atoms with Crippen molar-refractivity contribution in [1.82, 2.24) is 9.55 Å². The van der Waals surface area contributed by atoms with E-state index in [0.717, 1.165) is 11.5 Å². The van der Waals surface area contributed by atoms with Gasteiger partial charge in [0.15, 0.2) is 11.9 Å². The number of nitrogens with zero attached hydrogens (tertiary/aromatic N) is 2. The maximum atomic E-state index is 15.0. The van der Waals surface area contributed by atoms with Gasteiger partial charge in [0.05, 0.1) is 6.61 Å². The second-order valence-corrected chi connectivity index (χ2v) is 6.11. The number of benzene rings is 1. The molecule has 0 spiro atoms. The fraction of sp³-hybridized carbons (Fsp3) is 0.353. The van der Waals surface area contributed by atoms with Gasteiger partial charge < -0.3 is 20.3 Å². The Hall–Kier alpha value is -2.62. The maximum Gasteiger partial charge on any atom is 0.351 e. The highest BCUT2D eigenvalue weighted by Crippen LogP contribution is 2.41. The van der Waals surface area contributed by atoms with E-state index in [9.17, 15) is 19.8 Å². The highest BCUT2D eigenvalue weighted by molar-refractivity contribution is 6.03. The van der Waals surface area contributed by atoms with Crippen molar-refractivity contribution in [3.63, 3.8) is 0 Å². The van der Waals surface area contributed by atoms with Gasteiger partial charge in [0.2, 0.25) is 0 Å². The number of halogens is 1. The standard InChI is InChI=1S/C17H18FN3O5/c1-17(18)13(23)11(9-22)26-15(17)21-12(7-8-19-16(21)25)20-14(24)10-5-3-2-4-6-10/h2-8,11,13,15,22-23H,9H2,1H3,(H,20,24)/t11-,13-,15-,17-/m1/s1. The number of amides is 1. The number of aromatic nitrogens is 2. The first-order valence-corrected chi connectivity index (χ1v) is 7.93. The van der Waals surface area contributed by atoms with E-state index in [2.05, 4.69) is 10.3 Å². The second-order valence-electron chi connectivity index (χ2n) is 6.11. The molecule has 1 aromatic heterocycles. The van der Waals surface area contributed by atoms with E-state index >= 15 is 4.39 Å². The summed E-state index contributed by atoms with van der Waals surface area (Å²) in [6, 6.07) is 9.58. The molecule has 0 saturated carbocycles. The van der Waals surface area contributed by atoms with Crippen molar-refractivity contribution < 1.29 is 24.1 Å². The van der Waals surface area contributed by atoms with Crippen LogP contribution in [0.15, 0.2) is 47.4 Å². The highest BCUT2D eigenvalue weighted by atomic mass is 19.1. The summed E-state index contributed by atoms with van der Waals surface area (Å²) < 4.78 is 21.2. The van der Waals surface area contributed by atoms with E-state index in [1.807, 2.05) is 0 Å². The van der Waals surface area contributed by atoms with Crippen LogP contribution in [0.1, 0.15) is 23.5 Å². The molecule has 138 valence electrons. The Morgan fingerprint density at radius 1 is 1.38 bits per heavy atom. The average molecular weight is 363 g/mol. The molecule has 0 unspecified atom stereocenters. The first kappa shape index (κ1) is 18.2. The number of rotatable bonds is 4. The first-order chi connectivity index (χ1) is 12.4. The number of ether oxygens (including phenoxy) is 1. The van der Waals surface area contributed by atoms with Gasteiger partial charge in [0.25, 0.3) is 5.91 Å². The van der Waals surface area contributed by atoms with Gasteiger partial charge in [-0.05, 0) is 25.1 Å². The van der Waals surface area contributed by atoms with Crippen LogP contribution in [0.2, 0.25) is 0 Å². The number of aliphatic hydroxyl groups excluding tert-OH is 2. The number of nitrogens with one attached hydrogen (secondary N) is 1. The number of anilines is 1. The van der Waals surface area contributed by atoms with Gasteiger partial charge in [0, 0.05) is 11.8 Å². The molecule has 4 atom stereocenters. The van der Waals surface area contributed by atoms with Crippen LogP contribution in [0.3, 0.4) is 0 Å². The number of aliphatic hydroxyl groups is 2. The molecule has 1 amide bonds. The molecule has 3 rings (SSSR count). The number of alkyl halides is 1. The maximum absolute atomic E-state index is 15.0. The lowest BCUT2D eigenvalue weighted by atomic mass is 9.98. The van der Waals surface area contributed by atoms with E-state index < -0.39 is 42.3 Å². The Kier molecular flexibility index (Phi) is 4.86. The fourth-order valence-corrected chi connectivity index (χ4v) is 2.86. The predicted molar refractivity (Wildman–Crippen MR) is 89.4 cm³/mol. The van der Waals surface area contributed by atoms with Gasteiger partial charge in [0.1, 0.15) is 18.0 Å². The zero-order valence-electron chi connectivity index (χ0n) is 13.9. The van der Waals surface area contributed by atoms with Gasteiger partial charge in [-0.3, -0.25) is 4.79 Å². The predicted octanol–water partition coefficient (Wildman–Crippen LogP) is 0.474. The molecule has 1 aliphatic heterocycles. The minimum Gasteiger partial charge on any atom is -0.394 e. The van der Waals surface area contributed by atoms with Gasteiger partial charge in [-0.25, -0.2) is 18.7 Å². The van der Waals surface area contributed by atoms with Crippen LogP contribution in [0.25, 0.3) is 0 Å². The van der Waals surface area contributed by atoms with Crippen LogP contribution in [0, 0.1) is 0 Å². The van der Waals surface area contributed by atoms with Crippen molar-refractivity contribution in [2.24, 2.45) is 0 Å². The summed E-state index contributed by atoms with van der Waals surface area (Å²) in [5, 5.41) is 21.8. The van der Waals surface area contributed by atoms with Crippen molar-refractivity contribution in [2.75, 3.05) is 11.9 Å². The van der Waals surface area contributed by atoms with Crippen LogP contribution < -0.4 is 11.0 Å². The van der Waals surface area contributed by atoms with Gasteiger partial charge in [-0.15, -0.1) is 0 Å². The Labute approximate surface area is 147 Å². The Bertz CT molecular complexity index is 855. The molecular formula is C17H18FN3O5. The summed E-state index contributed by atoms with van der Waals surface area (Å²) >= 11 is 0. The Morgan fingerprint density at radius 2 is 2.08 bits per heavy atom. The number of hydrogen-bond acceptors (Lipinski definition) is 6. The fourth-order valence-electron chi connectivity index (χ4n) is 2.86. The minimum absolute atomic E-state index is 0.0430. The van der Waals surface area contributed by atoms with Crippen molar-refractivity contribution in [2.45, 2.75) is 31.0 Å². The smallest absolute Gasteiger partial charge is 0.351 e. The van der Waals surface area contributed by atoms with E-state index in [0.29, 0.717) is 5.56 Å². The SMILES string of the molecule is C[C@@]1(F)[C@H](O)[C@@H](CO)O[C@H]1n1c(NC(=O)c2ccccc2)ccnc1=O. The zero-order chi connectivity index (χ0) is 18.9. The molecule has 1 saturated heterocycles. The topological polar surface area (TPSA) is 114 Å². The average Bonchev–Trinajstić information content (AvgIpc) is 2.85. The quantitative estimate of drug-likeness (QED) is 0.728. The molecule has 3 N–H and O–H groups in total. The molecule has 1 aromatic carbocycles. The van der Waals surface area contributed by atoms with Crippen molar-refractivity contribution in [1.29, 1.82) is 0 Å². The lowest BCUT2D eigenvalue weighted by Gasteiger charge is -2.26. The van der Waals surface area contributed by atoms with Crippen molar-refractivity contribution in [3.8, 4) is 0 Å². The van der Waals surface area contributed by atoms with Crippen LogP contribution in [-0.2, 0) is 4.74 Å². The summed E-state index contributed by atoms with van der Waals surface area (Å²) in [6.07, 6.45) is -3.26. The molecule has 8 nitrogen and oxygen atoms in total. The van der Waals surface area contributed by atoms with Crippen LogP contribution in [-0.4, -0.2) is 50.2 Å². The summed E-state index contributed by atoms with van der Waals surface area (Å²) in [5.41, 5.74) is -2.91. The van der Waals surface area contributed by atoms with Crippen LogP contribution >= 0.6 is 0 Å². The summed E-state index contributed by atoms with van der Waals surface area (Å²) in [6.45, 7) is 0.429. The molecule has 2 aromatic rings. The van der Waals surface area contributed by atoms with Gasteiger partial charge >= 0.3 is 5.69 Å². The third-order valence-corrected chi connectivity index (χ3v) is 4.29. The highest BCUT2D eigenvalue weighted by Gasteiger charge is 2.55. The lowest BCUT2D eigenvalue weighted by Crippen LogP contribution is -2.43. The molecule has 1 fully saturated rings. The molecule has 0 aliphatic carbocycles. The van der Waals surface area contributed by atoms with E-state index in [1.54, 1.807) is 30.3 Å². The summed E-state index contributed by atoms with van der Waals surface area (Å²) in [7, 11) is 0. The van der Waals surface area contributed by atoms with Crippen molar-refractivity contribution in [3.05, 3.63) is 58.6 Å². The number of carbonyl (C=O) groups is 1. The van der Waals surface area contributed by atoms with E-state index in [4.69, 9.17) is 4.74 Å². The normalized spacial score (nSPS) is 28.1. The molecule has 0 radical (unpaired) electrons. The monoisotopic (exact) mass is 363 g/mol. The molecule has 9 heteroatoms. The number of carbonyl (C=O) groups excluding carboxylic acids is 1. The molecular weight excluding hydrogens is 345 g/mol. The summed E-state index contributed by atoms with van der Waals surface area (Å²) in [4.78, 5) is 28.2. The van der Waals surface area contributed by atoms with Gasteiger partial charge in [-0.2, -0.15) is 0 Å². The Balaban J connectivity index is 1.99. The second kappa shape index (κ2) is 6.94. The third kappa shape index (κ3) is 3.12. The molecule has 26 heavy (non-hydrogen) atoms. The first-order valence-electron chi connectivity index (χ1n) is 7.93. The zero-order valence-corrected chi connectivity index (χ0v) is 13.9. The Morgan fingerprint density at radius 3 is 2.69 bits per heavy atom. The summed E-state index contributed by atoms with van der Waals surface area (Å²) in [5.74, 6) is -0.554. The van der Waals surface area contributed by atoms with Gasteiger partial charge in [-0.1, -0.05) is 18.2 Å². The number of hydrogen-bond donors (Lipinski definition) is 3. The lowest BCUT2D eigenvalue weighted by molar-refractivity contribution is -0.0598. The van der Waals surface area contributed by atoms with E-state index in [1.165, 1.54) is 12.3 Å². The minimum atomic E-state index is -2.38. The largest absolute Gasteiger partial charge is 0.394 e. The third-order valence-electron chi connectivity index (χ3n) is 4.29. The van der Waals surface area contributed by atoms with Crippen LogP contribution in [0.4, 0.5) is 10.2 Å². The molecule has 2 heterocycles. The molecule has 0 bridgehead atoms.